The summed E-state index contributed by atoms with van der Waals surface area (Å²) in [4.78, 5) is 3.55. The van der Waals surface area contributed by atoms with Crippen LogP contribution in [0.25, 0.3) is 0 Å². The van der Waals surface area contributed by atoms with E-state index in [4.69, 9.17) is 28.9 Å². The fourth-order valence-electron chi connectivity index (χ4n) is 1.11. The standard InChI is InChI=1S/C8H7Cl2F3N2/c9-6-1-7(10)15-3-4(6)5(2-14)8(11,12)13/h1,3,5H,2,14H2. The largest absolute Gasteiger partial charge is 0.397 e. The molecule has 0 radical (unpaired) electrons. The predicted octanol–water partition coefficient (Wildman–Crippen LogP) is 2.99. The van der Waals surface area contributed by atoms with E-state index < -0.39 is 18.6 Å². The van der Waals surface area contributed by atoms with Gasteiger partial charge in [-0.25, -0.2) is 4.98 Å². The van der Waals surface area contributed by atoms with Gasteiger partial charge in [-0.2, -0.15) is 13.2 Å². The molecule has 1 rings (SSSR count). The molecule has 84 valence electrons. The average Bonchev–Trinajstić information content (AvgIpc) is 2.07. The summed E-state index contributed by atoms with van der Waals surface area (Å²) in [5.41, 5.74) is 4.90. The quantitative estimate of drug-likeness (QED) is 0.829. The van der Waals surface area contributed by atoms with Gasteiger partial charge in [0.1, 0.15) is 5.15 Å². The Kier molecular flexibility index (Phi) is 3.81. The number of hydrogen-bond acceptors (Lipinski definition) is 2. The first kappa shape index (κ1) is 12.5. The lowest BCUT2D eigenvalue weighted by Crippen LogP contribution is -2.28. The van der Waals surface area contributed by atoms with Gasteiger partial charge >= 0.3 is 6.18 Å². The third kappa shape index (κ3) is 2.96. The minimum Gasteiger partial charge on any atom is -0.330 e. The van der Waals surface area contributed by atoms with E-state index in [2.05, 4.69) is 4.98 Å². The lowest BCUT2D eigenvalue weighted by molar-refractivity contribution is -0.148. The summed E-state index contributed by atoms with van der Waals surface area (Å²) >= 11 is 11.1. The third-order valence-corrected chi connectivity index (χ3v) is 2.39. The van der Waals surface area contributed by atoms with Crippen molar-refractivity contribution in [2.24, 2.45) is 5.73 Å². The molecule has 0 fully saturated rings. The fourth-order valence-corrected chi connectivity index (χ4v) is 1.61. The van der Waals surface area contributed by atoms with Gasteiger partial charge in [-0.05, 0) is 6.07 Å². The second-order valence-corrected chi connectivity index (χ2v) is 3.65. The van der Waals surface area contributed by atoms with E-state index in [1.165, 1.54) is 0 Å². The Hall–Kier alpha value is -0.520. The van der Waals surface area contributed by atoms with Crippen LogP contribution in [0.1, 0.15) is 11.5 Å². The molecule has 1 atom stereocenters. The number of rotatable bonds is 2. The van der Waals surface area contributed by atoms with Crippen LogP contribution in [0.3, 0.4) is 0 Å². The first-order valence-corrected chi connectivity index (χ1v) is 4.69. The second kappa shape index (κ2) is 4.55. The molecule has 15 heavy (non-hydrogen) atoms. The molecule has 1 unspecified atom stereocenters. The van der Waals surface area contributed by atoms with Crippen LogP contribution >= 0.6 is 23.2 Å². The zero-order valence-electron chi connectivity index (χ0n) is 7.35. The molecule has 1 heterocycles. The van der Waals surface area contributed by atoms with Crippen molar-refractivity contribution < 1.29 is 13.2 Å². The van der Waals surface area contributed by atoms with E-state index in [1.54, 1.807) is 0 Å². The monoisotopic (exact) mass is 258 g/mol. The van der Waals surface area contributed by atoms with Crippen molar-refractivity contribution in [3.05, 3.63) is 28.0 Å². The van der Waals surface area contributed by atoms with Gasteiger partial charge in [0, 0.05) is 23.3 Å². The Labute approximate surface area is 94.2 Å². The first-order valence-electron chi connectivity index (χ1n) is 3.94. The number of pyridine rings is 1. The Bertz CT molecular complexity index is 354. The maximum Gasteiger partial charge on any atom is 0.397 e. The Morgan fingerprint density at radius 1 is 1.40 bits per heavy atom. The molecule has 0 saturated heterocycles. The third-order valence-electron chi connectivity index (χ3n) is 1.85. The van der Waals surface area contributed by atoms with Crippen LogP contribution in [0.4, 0.5) is 13.2 Å². The van der Waals surface area contributed by atoms with Crippen molar-refractivity contribution in [2.75, 3.05) is 6.54 Å². The summed E-state index contributed by atoms with van der Waals surface area (Å²) in [5.74, 6) is -1.81. The second-order valence-electron chi connectivity index (χ2n) is 2.86. The number of nitrogens with two attached hydrogens (primary N) is 1. The summed E-state index contributed by atoms with van der Waals surface area (Å²) in [5, 5.41) is -0.0375. The summed E-state index contributed by atoms with van der Waals surface area (Å²) in [7, 11) is 0. The molecule has 2 nitrogen and oxygen atoms in total. The molecule has 0 aromatic carbocycles. The maximum atomic E-state index is 12.5. The van der Waals surface area contributed by atoms with Crippen molar-refractivity contribution in [2.45, 2.75) is 12.1 Å². The van der Waals surface area contributed by atoms with E-state index in [-0.39, 0.29) is 15.7 Å². The average molecular weight is 259 g/mol. The minimum absolute atomic E-state index is 0.0432. The van der Waals surface area contributed by atoms with Crippen LogP contribution in [-0.2, 0) is 0 Å². The number of nitrogens with zero attached hydrogens (tertiary/aromatic N) is 1. The summed E-state index contributed by atoms with van der Waals surface area (Å²) < 4.78 is 37.5. The summed E-state index contributed by atoms with van der Waals surface area (Å²) in [6.45, 7) is -0.577. The van der Waals surface area contributed by atoms with E-state index in [1.807, 2.05) is 0 Å². The van der Waals surface area contributed by atoms with Crippen LogP contribution in [-0.4, -0.2) is 17.7 Å². The van der Waals surface area contributed by atoms with Gasteiger partial charge in [0.2, 0.25) is 0 Å². The molecule has 0 aliphatic carbocycles. The summed E-state index contributed by atoms with van der Waals surface area (Å²) in [6, 6.07) is 1.16. The maximum absolute atomic E-state index is 12.5. The zero-order chi connectivity index (χ0) is 11.6. The zero-order valence-corrected chi connectivity index (χ0v) is 8.87. The highest BCUT2D eigenvalue weighted by Gasteiger charge is 2.40. The molecular formula is C8H7Cl2F3N2. The molecule has 0 amide bonds. The van der Waals surface area contributed by atoms with Gasteiger partial charge in [-0.3, -0.25) is 0 Å². The lowest BCUT2D eigenvalue weighted by Gasteiger charge is -2.19. The van der Waals surface area contributed by atoms with Crippen LogP contribution in [0, 0.1) is 0 Å². The van der Waals surface area contributed by atoms with E-state index in [0.717, 1.165) is 12.3 Å². The van der Waals surface area contributed by atoms with Crippen molar-refractivity contribution in [1.29, 1.82) is 0 Å². The Morgan fingerprint density at radius 2 is 2.00 bits per heavy atom. The summed E-state index contributed by atoms with van der Waals surface area (Å²) in [6.07, 6.45) is -3.44. The molecule has 1 aromatic heterocycles. The molecule has 0 aliphatic rings. The van der Waals surface area contributed by atoms with E-state index in [9.17, 15) is 13.2 Å². The van der Waals surface area contributed by atoms with E-state index in [0.29, 0.717) is 0 Å². The molecule has 0 bridgehead atoms. The molecule has 2 N–H and O–H groups in total. The van der Waals surface area contributed by atoms with Gasteiger partial charge in [0.25, 0.3) is 0 Å². The molecule has 0 aliphatic heterocycles. The van der Waals surface area contributed by atoms with Crippen LogP contribution < -0.4 is 5.73 Å². The lowest BCUT2D eigenvalue weighted by atomic mass is 10.0. The smallest absolute Gasteiger partial charge is 0.330 e. The van der Waals surface area contributed by atoms with Crippen molar-refractivity contribution >= 4 is 23.2 Å². The molecule has 0 spiro atoms. The van der Waals surface area contributed by atoms with E-state index >= 15 is 0 Å². The van der Waals surface area contributed by atoms with Crippen LogP contribution in [0.5, 0.6) is 0 Å². The SMILES string of the molecule is NCC(c1cnc(Cl)cc1Cl)C(F)(F)F. The topological polar surface area (TPSA) is 38.9 Å². The number of halogens is 5. The van der Waals surface area contributed by atoms with Crippen LogP contribution in [0.15, 0.2) is 12.3 Å². The van der Waals surface area contributed by atoms with Gasteiger partial charge < -0.3 is 5.73 Å². The van der Waals surface area contributed by atoms with Gasteiger partial charge in [0.15, 0.2) is 0 Å². The normalized spacial score (nSPS) is 14.0. The van der Waals surface area contributed by atoms with Gasteiger partial charge in [-0.15, -0.1) is 0 Å². The van der Waals surface area contributed by atoms with Crippen molar-refractivity contribution in [3.63, 3.8) is 0 Å². The molecular weight excluding hydrogens is 252 g/mol. The van der Waals surface area contributed by atoms with Crippen LogP contribution in [0.2, 0.25) is 10.2 Å². The molecule has 1 aromatic rings. The Balaban J connectivity index is 3.13. The molecule has 7 heteroatoms. The highest BCUT2D eigenvalue weighted by Crippen LogP contribution is 2.37. The number of hydrogen-bond donors (Lipinski definition) is 1. The first-order chi connectivity index (χ1) is 6.86. The van der Waals surface area contributed by atoms with Gasteiger partial charge in [-0.1, -0.05) is 23.2 Å². The minimum atomic E-state index is -4.44. The highest BCUT2D eigenvalue weighted by atomic mass is 35.5. The number of aromatic nitrogens is 1. The van der Waals surface area contributed by atoms with Crippen molar-refractivity contribution in [1.82, 2.24) is 4.98 Å². The van der Waals surface area contributed by atoms with Gasteiger partial charge in [0.05, 0.1) is 5.92 Å². The fraction of sp³-hybridized carbons (Fsp3) is 0.375. The predicted molar refractivity (Wildman–Crippen MR) is 52.1 cm³/mol. The Morgan fingerprint density at radius 3 is 2.40 bits per heavy atom. The number of alkyl halides is 3. The van der Waals surface area contributed by atoms with Crippen molar-refractivity contribution in [3.8, 4) is 0 Å². The molecule has 0 saturated carbocycles. The highest BCUT2D eigenvalue weighted by molar-refractivity contribution is 6.34.